The third-order valence-electron chi connectivity index (χ3n) is 3.85. The molecular weight excluding hydrogens is 256 g/mol. The van der Waals surface area contributed by atoms with Gasteiger partial charge < -0.3 is 10.4 Å². The van der Waals surface area contributed by atoms with E-state index in [-0.39, 0.29) is 6.04 Å². The van der Waals surface area contributed by atoms with E-state index in [1.165, 1.54) is 5.56 Å². The quantitative estimate of drug-likeness (QED) is 0.901. The molecule has 4 heteroatoms. The van der Waals surface area contributed by atoms with Crippen LogP contribution in [0.4, 0.5) is 0 Å². The normalized spacial score (nSPS) is 23.3. The van der Waals surface area contributed by atoms with Crippen LogP contribution in [0, 0.1) is 0 Å². The SMILES string of the molecule is CC(NCC1(O)CCc2ccccc21)c1nccs1. The molecule has 1 heterocycles. The molecule has 0 spiro atoms. The smallest absolute Gasteiger partial charge is 0.109 e. The van der Waals surface area contributed by atoms with Gasteiger partial charge in [0.25, 0.3) is 0 Å². The van der Waals surface area contributed by atoms with Crippen LogP contribution in [0.1, 0.15) is 35.5 Å². The highest BCUT2D eigenvalue weighted by molar-refractivity contribution is 7.09. The molecule has 2 atom stereocenters. The maximum absolute atomic E-state index is 10.8. The lowest BCUT2D eigenvalue weighted by atomic mass is 9.96. The summed E-state index contributed by atoms with van der Waals surface area (Å²) in [6.07, 6.45) is 3.57. The summed E-state index contributed by atoms with van der Waals surface area (Å²) in [6.45, 7) is 2.66. The van der Waals surface area contributed by atoms with Gasteiger partial charge in [-0.05, 0) is 30.9 Å². The van der Waals surface area contributed by atoms with Gasteiger partial charge in [-0.3, -0.25) is 0 Å². The lowest BCUT2D eigenvalue weighted by molar-refractivity contribution is 0.0363. The van der Waals surface area contributed by atoms with Gasteiger partial charge in [0.2, 0.25) is 0 Å². The third kappa shape index (κ3) is 2.43. The Bertz CT molecular complexity index is 555. The number of benzene rings is 1. The first-order chi connectivity index (χ1) is 9.19. The third-order valence-corrected chi connectivity index (χ3v) is 4.81. The molecule has 1 aliphatic rings. The lowest BCUT2D eigenvalue weighted by Gasteiger charge is -2.26. The monoisotopic (exact) mass is 274 g/mol. The van der Waals surface area contributed by atoms with Crippen LogP contribution in [-0.4, -0.2) is 16.6 Å². The van der Waals surface area contributed by atoms with E-state index < -0.39 is 5.60 Å². The van der Waals surface area contributed by atoms with Crippen molar-refractivity contribution in [1.82, 2.24) is 10.3 Å². The maximum atomic E-state index is 10.8. The molecule has 1 aromatic heterocycles. The van der Waals surface area contributed by atoms with E-state index in [1.807, 2.05) is 29.8 Å². The number of hydrogen-bond acceptors (Lipinski definition) is 4. The molecule has 0 amide bonds. The van der Waals surface area contributed by atoms with Crippen LogP contribution in [-0.2, 0) is 12.0 Å². The second kappa shape index (κ2) is 5.04. The van der Waals surface area contributed by atoms with Gasteiger partial charge in [0, 0.05) is 18.1 Å². The molecule has 2 unspecified atom stereocenters. The van der Waals surface area contributed by atoms with E-state index >= 15 is 0 Å². The minimum Gasteiger partial charge on any atom is -0.384 e. The summed E-state index contributed by atoms with van der Waals surface area (Å²) in [7, 11) is 0. The predicted molar refractivity (Wildman–Crippen MR) is 77.2 cm³/mol. The standard InChI is InChI=1S/C15H18N2OS/c1-11(14-16-8-9-19-14)17-10-15(18)7-6-12-4-2-3-5-13(12)15/h2-5,8-9,11,17-18H,6-7,10H2,1H3. The zero-order valence-electron chi connectivity index (χ0n) is 11.0. The summed E-state index contributed by atoms with van der Waals surface area (Å²) in [5.74, 6) is 0. The van der Waals surface area contributed by atoms with E-state index in [0.717, 1.165) is 23.4 Å². The Morgan fingerprint density at radius 2 is 2.32 bits per heavy atom. The van der Waals surface area contributed by atoms with Crippen LogP contribution in [0.25, 0.3) is 0 Å². The van der Waals surface area contributed by atoms with Crippen molar-refractivity contribution < 1.29 is 5.11 Å². The number of fused-ring (bicyclic) bond motifs is 1. The van der Waals surface area contributed by atoms with Gasteiger partial charge in [-0.25, -0.2) is 4.98 Å². The number of rotatable bonds is 4. The molecule has 0 saturated carbocycles. The molecule has 0 bridgehead atoms. The van der Waals surface area contributed by atoms with Gasteiger partial charge in [-0.15, -0.1) is 11.3 Å². The number of hydrogen-bond donors (Lipinski definition) is 2. The summed E-state index contributed by atoms with van der Waals surface area (Å²) < 4.78 is 0. The molecule has 0 aliphatic heterocycles. The Kier molecular flexibility index (Phi) is 3.39. The van der Waals surface area contributed by atoms with Gasteiger partial charge in [0.15, 0.2) is 0 Å². The lowest BCUT2D eigenvalue weighted by Crippen LogP contribution is -2.37. The molecule has 1 aliphatic carbocycles. The Hall–Kier alpha value is -1.23. The first-order valence-corrected chi connectivity index (χ1v) is 7.50. The van der Waals surface area contributed by atoms with Crippen molar-refractivity contribution in [1.29, 1.82) is 0 Å². The van der Waals surface area contributed by atoms with Crippen molar-refractivity contribution in [3.05, 3.63) is 52.0 Å². The fraction of sp³-hybridized carbons (Fsp3) is 0.400. The molecule has 0 fully saturated rings. The zero-order valence-corrected chi connectivity index (χ0v) is 11.8. The fourth-order valence-corrected chi connectivity index (χ4v) is 3.38. The molecule has 2 aromatic rings. The molecule has 3 nitrogen and oxygen atoms in total. The van der Waals surface area contributed by atoms with Crippen molar-refractivity contribution in [2.45, 2.75) is 31.4 Å². The first kappa shape index (κ1) is 12.8. The minimum absolute atomic E-state index is 0.178. The number of thiazole rings is 1. The van der Waals surface area contributed by atoms with Crippen molar-refractivity contribution in [2.24, 2.45) is 0 Å². The van der Waals surface area contributed by atoms with Crippen LogP contribution in [0.15, 0.2) is 35.8 Å². The Balaban J connectivity index is 1.71. The Labute approximate surface area is 117 Å². The van der Waals surface area contributed by atoms with Gasteiger partial charge in [0.1, 0.15) is 10.6 Å². The number of aryl methyl sites for hydroxylation is 1. The van der Waals surface area contributed by atoms with E-state index in [4.69, 9.17) is 0 Å². The number of aliphatic hydroxyl groups is 1. The number of nitrogens with zero attached hydrogens (tertiary/aromatic N) is 1. The van der Waals surface area contributed by atoms with Crippen LogP contribution >= 0.6 is 11.3 Å². The highest BCUT2D eigenvalue weighted by atomic mass is 32.1. The molecule has 1 aromatic carbocycles. The van der Waals surface area contributed by atoms with E-state index in [2.05, 4.69) is 23.3 Å². The minimum atomic E-state index is -0.734. The van der Waals surface area contributed by atoms with Crippen LogP contribution in [0.2, 0.25) is 0 Å². The van der Waals surface area contributed by atoms with Crippen molar-refractivity contribution >= 4 is 11.3 Å². The Morgan fingerprint density at radius 3 is 3.11 bits per heavy atom. The average molecular weight is 274 g/mol. The molecule has 0 radical (unpaired) electrons. The van der Waals surface area contributed by atoms with Gasteiger partial charge in [-0.1, -0.05) is 24.3 Å². The summed E-state index contributed by atoms with van der Waals surface area (Å²) in [5, 5.41) is 17.3. The summed E-state index contributed by atoms with van der Waals surface area (Å²) in [5.41, 5.74) is 1.62. The molecule has 19 heavy (non-hydrogen) atoms. The fourth-order valence-electron chi connectivity index (χ4n) is 2.71. The van der Waals surface area contributed by atoms with Gasteiger partial charge in [0.05, 0.1) is 6.04 Å². The molecule has 3 rings (SSSR count). The molecular formula is C15H18N2OS. The topological polar surface area (TPSA) is 45.1 Å². The largest absolute Gasteiger partial charge is 0.384 e. The average Bonchev–Trinajstić information content (AvgIpc) is 3.06. The number of nitrogens with one attached hydrogen (secondary N) is 1. The van der Waals surface area contributed by atoms with Crippen molar-refractivity contribution in [3.8, 4) is 0 Å². The summed E-state index contributed by atoms with van der Waals surface area (Å²) in [4.78, 5) is 4.30. The molecule has 0 saturated heterocycles. The van der Waals surface area contributed by atoms with E-state index in [1.54, 1.807) is 11.3 Å². The Morgan fingerprint density at radius 1 is 1.47 bits per heavy atom. The van der Waals surface area contributed by atoms with E-state index in [0.29, 0.717) is 6.54 Å². The first-order valence-electron chi connectivity index (χ1n) is 6.62. The van der Waals surface area contributed by atoms with Gasteiger partial charge in [-0.2, -0.15) is 0 Å². The van der Waals surface area contributed by atoms with Gasteiger partial charge >= 0.3 is 0 Å². The van der Waals surface area contributed by atoms with Crippen LogP contribution < -0.4 is 5.32 Å². The summed E-state index contributed by atoms with van der Waals surface area (Å²) in [6, 6.07) is 8.36. The molecule has 100 valence electrons. The highest BCUT2D eigenvalue weighted by Crippen LogP contribution is 2.36. The van der Waals surface area contributed by atoms with Crippen LogP contribution in [0.5, 0.6) is 0 Å². The predicted octanol–water partition coefficient (Wildman–Crippen LogP) is 2.63. The molecule has 2 N–H and O–H groups in total. The second-order valence-corrected chi connectivity index (χ2v) is 6.09. The highest BCUT2D eigenvalue weighted by Gasteiger charge is 2.36. The van der Waals surface area contributed by atoms with E-state index in [9.17, 15) is 5.11 Å². The maximum Gasteiger partial charge on any atom is 0.109 e. The van der Waals surface area contributed by atoms with Crippen molar-refractivity contribution in [3.63, 3.8) is 0 Å². The second-order valence-electron chi connectivity index (χ2n) is 5.16. The number of aromatic nitrogens is 1. The van der Waals surface area contributed by atoms with Crippen molar-refractivity contribution in [2.75, 3.05) is 6.54 Å². The summed E-state index contributed by atoms with van der Waals surface area (Å²) >= 11 is 1.64. The van der Waals surface area contributed by atoms with Crippen LogP contribution in [0.3, 0.4) is 0 Å². The zero-order chi connectivity index (χ0) is 13.3.